The van der Waals surface area contributed by atoms with E-state index in [9.17, 15) is 14.7 Å². The van der Waals surface area contributed by atoms with E-state index in [2.05, 4.69) is 10.6 Å². The highest BCUT2D eigenvalue weighted by atomic mass is 32.2. The summed E-state index contributed by atoms with van der Waals surface area (Å²) in [7, 11) is 0. The molecule has 5 nitrogen and oxygen atoms in total. The fourth-order valence-corrected chi connectivity index (χ4v) is 4.60. The van der Waals surface area contributed by atoms with Gasteiger partial charge in [-0.1, -0.05) is 56.4 Å². The second-order valence-electron chi connectivity index (χ2n) is 7.71. The van der Waals surface area contributed by atoms with Crippen molar-refractivity contribution in [1.82, 2.24) is 5.32 Å². The Labute approximate surface area is 182 Å². The molecule has 1 fully saturated rings. The number of amides is 2. The van der Waals surface area contributed by atoms with Gasteiger partial charge in [0.15, 0.2) is 0 Å². The third-order valence-corrected chi connectivity index (χ3v) is 6.40. The highest BCUT2D eigenvalue weighted by Gasteiger charge is 2.16. The molecule has 2 aromatic carbocycles. The second kappa shape index (κ2) is 11.8. The predicted octanol–water partition coefficient (Wildman–Crippen LogP) is 4.75. The number of hydrogen-bond acceptors (Lipinski definition) is 4. The summed E-state index contributed by atoms with van der Waals surface area (Å²) in [5.74, 6) is 0.0888. The van der Waals surface area contributed by atoms with Gasteiger partial charge in [-0.05, 0) is 42.7 Å². The van der Waals surface area contributed by atoms with Crippen molar-refractivity contribution >= 4 is 29.3 Å². The van der Waals surface area contributed by atoms with Gasteiger partial charge < -0.3 is 15.7 Å². The lowest BCUT2D eigenvalue weighted by atomic mass is 9.97. The summed E-state index contributed by atoms with van der Waals surface area (Å²) in [6, 6.07) is 14.7. The first-order chi connectivity index (χ1) is 14.7. The van der Waals surface area contributed by atoms with E-state index in [1.807, 2.05) is 18.2 Å². The van der Waals surface area contributed by atoms with Crippen LogP contribution in [0.3, 0.4) is 0 Å². The molecule has 0 radical (unpaired) electrons. The number of aliphatic hydroxyl groups is 1. The van der Waals surface area contributed by atoms with Crippen LogP contribution in [0.5, 0.6) is 0 Å². The fourth-order valence-electron chi connectivity index (χ4n) is 3.74. The quantitative estimate of drug-likeness (QED) is 0.558. The molecule has 0 atom stereocenters. The van der Waals surface area contributed by atoms with Crippen LogP contribution < -0.4 is 10.6 Å². The molecule has 0 bridgehead atoms. The van der Waals surface area contributed by atoms with Gasteiger partial charge in [-0.2, -0.15) is 0 Å². The predicted molar refractivity (Wildman–Crippen MR) is 122 cm³/mol. The van der Waals surface area contributed by atoms with Crippen molar-refractivity contribution in [3.63, 3.8) is 0 Å². The first kappa shape index (κ1) is 22.4. The average molecular weight is 427 g/mol. The van der Waals surface area contributed by atoms with Gasteiger partial charge in [-0.15, -0.1) is 11.8 Å². The van der Waals surface area contributed by atoms with Crippen LogP contribution in [-0.4, -0.2) is 28.7 Å². The Balaban J connectivity index is 1.57. The summed E-state index contributed by atoms with van der Waals surface area (Å²) in [6.07, 6.45) is 8.29. The lowest BCUT2D eigenvalue weighted by Gasteiger charge is -2.21. The number of hydrogen-bond donors (Lipinski definition) is 3. The number of rotatable bonds is 7. The Hall–Kier alpha value is -2.31. The molecule has 30 heavy (non-hydrogen) atoms. The number of thioether (sulfide) groups is 1. The number of anilines is 1. The lowest BCUT2D eigenvalue weighted by Crippen LogP contribution is -2.36. The molecule has 2 amide bonds. The Morgan fingerprint density at radius 3 is 2.47 bits per heavy atom. The zero-order chi connectivity index (χ0) is 21.2. The molecule has 0 aliphatic heterocycles. The van der Waals surface area contributed by atoms with E-state index in [4.69, 9.17) is 0 Å². The number of benzene rings is 2. The maximum Gasteiger partial charge on any atom is 0.256 e. The van der Waals surface area contributed by atoms with Crippen LogP contribution >= 0.6 is 11.8 Å². The third-order valence-electron chi connectivity index (χ3n) is 5.33. The van der Waals surface area contributed by atoms with Gasteiger partial charge in [-0.3, -0.25) is 9.59 Å². The van der Waals surface area contributed by atoms with Crippen molar-refractivity contribution in [1.29, 1.82) is 0 Å². The molecule has 160 valence electrons. The van der Waals surface area contributed by atoms with E-state index in [0.717, 1.165) is 23.3 Å². The van der Waals surface area contributed by atoms with Crippen LogP contribution in [0.1, 0.15) is 60.9 Å². The first-order valence-corrected chi connectivity index (χ1v) is 11.7. The normalized spacial score (nSPS) is 15.1. The van der Waals surface area contributed by atoms with Gasteiger partial charge in [0.25, 0.3) is 5.91 Å². The van der Waals surface area contributed by atoms with Gasteiger partial charge in [-0.25, -0.2) is 0 Å². The van der Waals surface area contributed by atoms with Crippen LogP contribution in [0.2, 0.25) is 0 Å². The number of aliphatic hydroxyl groups excluding tert-OH is 1. The molecule has 0 unspecified atom stereocenters. The van der Waals surface area contributed by atoms with Crippen molar-refractivity contribution in [2.75, 3.05) is 11.1 Å². The molecular formula is C24H30N2O3S. The standard InChI is InChI=1S/C24H30N2O3S/c27-16-18-9-8-12-20(15-18)26-24(29)21-13-6-7-14-22(21)30-17-23(28)25-19-10-4-2-1-3-5-11-19/h6-9,12-15,19,27H,1-5,10-11,16-17H2,(H,25,28)(H,26,29). The maximum atomic E-state index is 12.8. The van der Waals surface area contributed by atoms with Gasteiger partial charge in [0.1, 0.15) is 0 Å². The van der Waals surface area contributed by atoms with Gasteiger partial charge in [0, 0.05) is 16.6 Å². The van der Waals surface area contributed by atoms with E-state index in [0.29, 0.717) is 17.0 Å². The molecular weight excluding hydrogens is 396 g/mol. The number of carbonyl (C=O) groups excluding carboxylic acids is 2. The summed E-state index contributed by atoms with van der Waals surface area (Å²) in [4.78, 5) is 26.0. The monoisotopic (exact) mass is 426 g/mol. The molecule has 3 rings (SSSR count). The molecule has 1 aliphatic rings. The summed E-state index contributed by atoms with van der Waals surface area (Å²) >= 11 is 1.39. The molecule has 0 saturated heterocycles. The minimum Gasteiger partial charge on any atom is -0.392 e. The molecule has 0 aromatic heterocycles. The molecule has 3 N–H and O–H groups in total. The Kier molecular flexibility index (Phi) is 8.78. The first-order valence-electron chi connectivity index (χ1n) is 10.7. The zero-order valence-electron chi connectivity index (χ0n) is 17.2. The van der Waals surface area contributed by atoms with E-state index < -0.39 is 0 Å². The zero-order valence-corrected chi connectivity index (χ0v) is 18.0. The SMILES string of the molecule is O=C(CSc1ccccc1C(=O)Nc1cccc(CO)c1)NC1CCCCCCC1. The van der Waals surface area contributed by atoms with Gasteiger partial charge in [0.2, 0.25) is 5.91 Å². The molecule has 0 heterocycles. The lowest BCUT2D eigenvalue weighted by molar-refractivity contribution is -0.119. The molecule has 6 heteroatoms. The number of nitrogens with one attached hydrogen (secondary N) is 2. The van der Waals surface area contributed by atoms with Crippen LogP contribution in [0.15, 0.2) is 53.4 Å². The molecule has 1 saturated carbocycles. The van der Waals surface area contributed by atoms with Crippen molar-refractivity contribution in [2.45, 2.75) is 62.5 Å². The van der Waals surface area contributed by atoms with Crippen LogP contribution in [0.25, 0.3) is 0 Å². The van der Waals surface area contributed by atoms with E-state index in [-0.39, 0.29) is 24.5 Å². The molecule has 1 aliphatic carbocycles. The fraction of sp³-hybridized carbons (Fsp3) is 0.417. The molecule has 0 spiro atoms. The minimum atomic E-state index is -0.228. The summed E-state index contributed by atoms with van der Waals surface area (Å²) in [6.45, 7) is -0.0771. The second-order valence-corrected chi connectivity index (χ2v) is 8.72. The van der Waals surface area contributed by atoms with E-state index in [1.165, 1.54) is 43.9 Å². The van der Waals surface area contributed by atoms with Crippen molar-refractivity contribution < 1.29 is 14.7 Å². The van der Waals surface area contributed by atoms with E-state index >= 15 is 0 Å². The van der Waals surface area contributed by atoms with Crippen LogP contribution in [-0.2, 0) is 11.4 Å². The highest BCUT2D eigenvalue weighted by molar-refractivity contribution is 8.00. The Morgan fingerprint density at radius 1 is 0.967 bits per heavy atom. The third kappa shape index (κ3) is 6.89. The summed E-state index contributed by atoms with van der Waals surface area (Å²) in [5, 5.41) is 15.3. The Morgan fingerprint density at radius 2 is 1.70 bits per heavy atom. The topological polar surface area (TPSA) is 78.4 Å². The average Bonchev–Trinajstić information content (AvgIpc) is 2.74. The summed E-state index contributed by atoms with van der Waals surface area (Å²) < 4.78 is 0. The van der Waals surface area contributed by atoms with Crippen molar-refractivity contribution in [2.24, 2.45) is 0 Å². The van der Waals surface area contributed by atoms with Crippen molar-refractivity contribution in [3.05, 3.63) is 59.7 Å². The van der Waals surface area contributed by atoms with Crippen LogP contribution in [0, 0.1) is 0 Å². The maximum absolute atomic E-state index is 12.8. The molecule has 2 aromatic rings. The van der Waals surface area contributed by atoms with Crippen LogP contribution in [0.4, 0.5) is 5.69 Å². The largest absolute Gasteiger partial charge is 0.392 e. The summed E-state index contributed by atoms with van der Waals surface area (Å²) in [5.41, 5.74) is 1.91. The Bertz CT molecular complexity index is 848. The number of carbonyl (C=O) groups is 2. The highest BCUT2D eigenvalue weighted by Crippen LogP contribution is 2.24. The van der Waals surface area contributed by atoms with Crippen molar-refractivity contribution in [3.8, 4) is 0 Å². The minimum absolute atomic E-state index is 0.0245. The van der Waals surface area contributed by atoms with E-state index in [1.54, 1.807) is 30.3 Å². The van der Waals surface area contributed by atoms with Gasteiger partial charge >= 0.3 is 0 Å². The van der Waals surface area contributed by atoms with Gasteiger partial charge in [0.05, 0.1) is 17.9 Å². The smallest absolute Gasteiger partial charge is 0.256 e.